The number of ether oxygens (including phenoxy) is 2. The van der Waals surface area contributed by atoms with Gasteiger partial charge in [0, 0.05) is 6.20 Å². The molecule has 0 spiro atoms. The van der Waals surface area contributed by atoms with Gasteiger partial charge in [0.05, 0.1) is 19.9 Å². The molecule has 1 rings (SSSR count). The maximum Gasteiger partial charge on any atom is 0.354 e. The first-order valence-electron chi connectivity index (χ1n) is 4.80. The molecule has 0 aliphatic rings. The third-order valence-electron chi connectivity index (χ3n) is 1.80. The lowest BCUT2D eigenvalue weighted by Crippen LogP contribution is -2.14. The van der Waals surface area contributed by atoms with Crippen LogP contribution < -0.4 is 10.5 Å². The molecule has 2 N–H and O–H groups in total. The quantitative estimate of drug-likeness (QED) is 0.606. The van der Waals surface area contributed by atoms with E-state index in [-0.39, 0.29) is 5.70 Å². The van der Waals surface area contributed by atoms with Crippen molar-refractivity contribution in [1.82, 2.24) is 4.98 Å². The van der Waals surface area contributed by atoms with Crippen molar-refractivity contribution in [2.45, 2.75) is 6.92 Å². The summed E-state index contributed by atoms with van der Waals surface area (Å²) in [5.74, 6) is 0.0655. The molecule has 0 atom stereocenters. The molecule has 16 heavy (non-hydrogen) atoms. The molecule has 0 aromatic carbocycles. The van der Waals surface area contributed by atoms with Crippen LogP contribution in [0.1, 0.15) is 12.5 Å². The fourth-order valence-electron chi connectivity index (χ4n) is 1.08. The molecule has 0 unspecified atom stereocenters. The Morgan fingerprint density at radius 2 is 2.31 bits per heavy atom. The summed E-state index contributed by atoms with van der Waals surface area (Å²) in [7, 11) is 1.54. The van der Waals surface area contributed by atoms with Crippen molar-refractivity contribution in [2.24, 2.45) is 5.73 Å². The lowest BCUT2D eigenvalue weighted by molar-refractivity contribution is -0.138. The molecule has 0 fully saturated rings. The first-order valence-corrected chi connectivity index (χ1v) is 4.80. The zero-order valence-electron chi connectivity index (χ0n) is 9.27. The Morgan fingerprint density at radius 3 is 2.94 bits per heavy atom. The number of hydrogen-bond donors (Lipinski definition) is 1. The van der Waals surface area contributed by atoms with Crippen LogP contribution in [0.3, 0.4) is 0 Å². The van der Waals surface area contributed by atoms with E-state index in [0.717, 1.165) is 0 Å². The van der Waals surface area contributed by atoms with Gasteiger partial charge in [0.15, 0.2) is 0 Å². The highest BCUT2D eigenvalue weighted by Crippen LogP contribution is 2.12. The normalized spacial score (nSPS) is 11.0. The molecule has 0 amide bonds. The van der Waals surface area contributed by atoms with Gasteiger partial charge in [-0.2, -0.15) is 0 Å². The highest BCUT2D eigenvalue weighted by atomic mass is 16.5. The van der Waals surface area contributed by atoms with E-state index in [1.165, 1.54) is 6.08 Å². The molecule has 0 bridgehead atoms. The SMILES string of the molecule is CCOC(=O)/C(N)=C/c1cncc(OC)c1. The largest absolute Gasteiger partial charge is 0.495 e. The first kappa shape index (κ1) is 12.0. The van der Waals surface area contributed by atoms with E-state index in [1.807, 2.05) is 0 Å². The van der Waals surface area contributed by atoms with Crippen molar-refractivity contribution in [3.63, 3.8) is 0 Å². The second-order valence-corrected chi connectivity index (χ2v) is 2.98. The zero-order chi connectivity index (χ0) is 12.0. The van der Waals surface area contributed by atoms with Crippen molar-refractivity contribution in [3.8, 4) is 5.75 Å². The highest BCUT2D eigenvalue weighted by molar-refractivity contribution is 5.92. The first-order chi connectivity index (χ1) is 7.67. The Kier molecular flexibility index (Phi) is 4.32. The zero-order valence-corrected chi connectivity index (χ0v) is 9.27. The van der Waals surface area contributed by atoms with Crippen molar-refractivity contribution in [2.75, 3.05) is 13.7 Å². The lowest BCUT2D eigenvalue weighted by atomic mass is 10.2. The third kappa shape index (κ3) is 3.27. The maximum absolute atomic E-state index is 11.2. The van der Waals surface area contributed by atoms with Crippen LogP contribution in [0.5, 0.6) is 5.75 Å². The number of carbonyl (C=O) groups excluding carboxylic acids is 1. The smallest absolute Gasteiger partial charge is 0.354 e. The van der Waals surface area contributed by atoms with Gasteiger partial charge in [-0.1, -0.05) is 0 Å². The number of methoxy groups -OCH3 is 1. The van der Waals surface area contributed by atoms with Crippen LogP contribution in [0.2, 0.25) is 0 Å². The molecule has 0 saturated heterocycles. The predicted octanol–water partition coefficient (Wildman–Crippen LogP) is 0.953. The van der Waals surface area contributed by atoms with E-state index in [9.17, 15) is 4.79 Å². The van der Waals surface area contributed by atoms with E-state index in [4.69, 9.17) is 15.2 Å². The van der Waals surface area contributed by atoms with Crippen LogP contribution in [-0.4, -0.2) is 24.7 Å². The molecule has 0 radical (unpaired) electrons. The maximum atomic E-state index is 11.2. The van der Waals surface area contributed by atoms with Gasteiger partial charge in [0.2, 0.25) is 0 Å². The second kappa shape index (κ2) is 5.75. The number of pyridine rings is 1. The van der Waals surface area contributed by atoms with E-state index in [2.05, 4.69) is 4.98 Å². The minimum absolute atomic E-state index is 0.0388. The molecule has 1 heterocycles. The molecule has 0 aliphatic carbocycles. The van der Waals surface area contributed by atoms with Crippen molar-refractivity contribution in [3.05, 3.63) is 29.7 Å². The van der Waals surface area contributed by atoms with E-state index >= 15 is 0 Å². The van der Waals surface area contributed by atoms with Gasteiger partial charge in [-0.05, 0) is 24.6 Å². The Labute approximate surface area is 93.9 Å². The molecule has 5 heteroatoms. The minimum Gasteiger partial charge on any atom is -0.495 e. The van der Waals surface area contributed by atoms with Crippen LogP contribution in [0.15, 0.2) is 24.2 Å². The van der Waals surface area contributed by atoms with Crippen molar-refractivity contribution in [1.29, 1.82) is 0 Å². The van der Waals surface area contributed by atoms with Crippen LogP contribution >= 0.6 is 0 Å². The van der Waals surface area contributed by atoms with Crippen LogP contribution in [0.4, 0.5) is 0 Å². The van der Waals surface area contributed by atoms with Gasteiger partial charge in [-0.25, -0.2) is 4.79 Å². The molecule has 1 aromatic rings. The van der Waals surface area contributed by atoms with Gasteiger partial charge >= 0.3 is 5.97 Å². The second-order valence-electron chi connectivity index (χ2n) is 2.98. The summed E-state index contributed by atoms with van der Waals surface area (Å²) in [6, 6.07) is 1.72. The summed E-state index contributed by atoms with van der Waals surface area (Å²) >= 11 is 0. The topological polar surface area (TPSA) is 74.4 Å². The van der Waals surface area contributed by atoms with Crippen molar-refractivity contribution >= 4 is 12.0 Å². The van der Waals surface area contributed by atoms with Gasteiger partial charge in [-0.3, -0.25) is 4.98 Å². The van der Waals surface area contributed by atoms with E-state index in [1.54, 1.807) is 32.5 Å². The Morgan fingerprint density at radius 1 is 1.56 bits per heavy atom. The number of carbonyl (C=O) groups is 1. The summed E-state index contributed by atoms with van der Waals surface area (Å²) in [5.41, 5.74) is 6.27. The van der Waals surface area contributed by atoms with E-state index in [0.29, 0.717) is 17.9 Å². The van der Waals surface area contributed by atoms with Crippen LogP contribution in [0, 0.1) is 0 Å². The van der Waals surface area contributed by atoms with Gasteiger partial charge in [0.1, 0.15) is 11.4 Å². The van der Waals surface area contributed by atoms with Crippen LogP contribution in [-0.2, 0) is 9.53 Å². The average molecular weight is 222 g/mol. The number of nitrogens with zero attached hydrogens (tertiary/aromatic N) is 1. The number of rotatable bonds is 4. The summed E-state index contributed by atoms with van der Waals surface area (Å²) in [6.45, 7) is 2.02. The standard InChI is InChI=1S/C11H14N2O3/c1-3-16-11(14)10(12)5-8-4-9(15-2)7-13-6-8/h4-7H,3,12H2,1-2H3/b10-5-. The molecular weight excluding hydrogens is 208 g/mol. The lowest BCUT2D eigenvalue weighted by Gasteiger charge is -2.02. The molecule has 86 valence electrons. The van der Waals surface area contributed by atoms with Gasteiger partial charge < -0.3 is 15.2 Å². The Hall–Kier alpha value is -2.04. The summed E-state index contributed by atoms with van der Waals surface area (Å²) < 4.78 is 9.74. The number of nitrogens with two attached hydrogens (primary N) is 1. The Bertz CT molecular complexity index is 402. The fourth-order valence-corrected chi connectivity index (χ4v) is 1.08. The summed E-state index contributed by atoms with van der Waals surface area (Å²) in [4.78, 5) is 15.2. The molecular formula is C11H14N2O3. The fraction of sp³-hybridized carbons (Fsp3) is 0.273. The molecule has 0 aliphatic heterocycles. The summed E-state index contributed by atoms with van der Waals surface area (Å²) in [6.07, 6.45) is 4.64. The Balaban J connectivity index is 2.84. The number of aromatic nitrogens is 1. The minimum atomic E-state index is -0.537. The van der Waals surface area contributed by atoms with Gasteiger partial charge in [-0.15, -0.1) is 0 Å². The molecule has 1 aromatic heterocycles. The van der Waals surface area contributed by atoms with E-state index < -0.39 is 5.97 Å². The van der Waals surface area contributed by atoms with Gasteiger partial charge in [0.25, 0.3) is 0 Å². The highest BCUT2D eigenvalue weighted by Gasteiger charge is 2.05. The third-order valence-corrected chi connectivity index (χ3v) is 1.80. The number of hydrogen-bond acceptors (Lipinski definition) is 5. The monoisotopic (exact) mass is 222 g/mol. The molecule has 5 nitrogen and oxygen atoms in total. The number of esters is 1. The van der Waals surface area contributed by atoms with Crippen LogP contribution in [0.25, 0.3) is 6.08 Å². The van der Waals surface area contributed by atoms with Crippen molar-refractivity contribution < 1.29 is 14.3 Å². The molecule has 0 saturated carbocycles. The predicted molar refractivity (Wildman–Crippen MR) is 59.6 cm³/mol. The average Bonchev–Trinajstić information content (AvgIpc) is 2.29. The summed E-state index contributed by atoms with van der Waals surface area (Å²) in [5, 5.41) is 0.